The molecule has 0 aliphatic carbocycles. The Morgan fingerprint density at radius 1 is 1.56 bits per heavy atom. The Morgan fingerprint density at radius 2 is 2.39 bits per heavy atom. The summed E-state index contributed by atoms with van der Waals surface area (Å²) >= 11 is 3.27. The van der Waals surface area contributed by atoms with Crippen LogP contribution in [0, 0.1) is 0 Å². The van der Waals surface area contributed by atoms with Crippen molar-refractivity contribution in [3.05, 3.63) is 33.2 Å². The molecule has 2 aromatic rings. The van der Waals surface area contributed by atoms with Gasteiger partial charge in [-0.25, -0.2) is 4.68 Å². The highest BCUT2D eigenvalue weighted by molar-refractivity contribution is 9.10. The van der Waals surface area contributed by atoms with Crippen molar-refractivity contribution >= 4 is 21.6 Å². The third-order valence-electron chi connectivity index (χ3n) is 2.26. The number of aryl methyl sites for hydroxylation is 1. The van der Waals surface area contributed by atoms with Crippen LogP contribution in [0.1, 0.15) is 19.2 Å². The first-order valence-electron chi connectivity index (χ1n) is 5.47. The standard InChI is InChI=1S/C10H12BrN5O2/c1-2-3-16-10(17)9(11)7(4-14-16)12-5-8-13-6-18-15-8/h4,6,12H,2-3,5H2,1H3. The van der Waals surface area contributed by atoms with E-state index in [0.29, 0.717) is 29.1 Å². The Bertz CT molecular complexity index is 566. The number of rotatable bonds is 5. The van der Waals surface area contributed by atoms with Gasteiger partial charge >= 0.3 is 0 Å². The van der Waals surface area contributed by atoms with Gasteiger partial charge in [0.1, 0.15) is 4.47 Å². The van der Waals surface area contributed by atoms with Crippen molar-refractivity contribution in [2.45, 2.75) is 26.4 Å². The highest BCUT2D eigenvalue weighted by Gasteiger charge is 2.08. The fourth-order valence-corrected chi connectivity index (χ4v) is 1.85. The molecule has 2 heterocycles. The zero-order valence-corrected chi connectivity index (χ0v) is 11.3. The molecule has 0 saturated heterocycles. The van der Waals surface area contributed by atoms with Gasteiger partial charge < -0.3 is 9.84 Å². The van der Waals surface area contributed by atoms with Gasteiger partial charge in [-0.05, 0) is 22.4 Å². The third kappa shape index (κ3) is 2.76. The molecule has 0 aliphatic heterocycles. The molecule has 0 bridgehead atoms. The number of hydrogen-bond acceptors (Lipinski definition) is 6. The second-order valence-electron chi connectivity index (χ2n) is 3.60. The number of hydrogen-bond donors (Lipinski definition) is 1. The molecule has 0 fully saturated rings. The zero-order valence-electron chi connectivity index (χ0n) is 9.76. The molecule has 7 nitrogen and oxygen atoms in total. The van der Waals surface area contributed by atoms with Crippen LogP contribution in [0.15, 0.2) is 26.4 Å². The smallest absolute Gasteiger partial charge is 0.283 e. The molecule has 18 heavy (non-hydrogen) atoms. The first-order valence-corrected chi connectivity index (χ1v) is 6.26. The Hall–Kier alpha value is -1.70. The topological polar surface area (TPSA) is 85.8 Å². The van der Waals surface area contributed by atoms with Gasteiger partial charge in [0.25, 0.3) is 5.56 Å². The van der Waals surface area contributed by atoms with E-state index in [0.717, 1.165) is 6.42 Å². The molecular formula is C10H12BrN5O2. The van der Waals surface area contributed by atoms with E-state index in [9.17, 15) is 4.79 Å². The monoisotopic (exact) mass is 313 g/mol. The quantitative estimate of drug-likeness (QED) is 0.898. The Morgan fingerprint density at radius 3 is 3.06 bits per heavy atom. The molecule has 0 atom stereocenters. The van der Waals surface area contributed by atoms with Gasteiger partial charge in [0.15, 0.2) is 5.82 Å². The van der Waals surface area contributed by atoms with Crippen molar-refractivity contribution in [3.8, 4) is 0 Å². The van der Waals surface area contributed by atoms with Crippen LogP contribution in [0.25, 0.3) is 0 Å². The third-order valence-corrected chi connectivity index (χ3v) is 3.03. The average Bonchev–Trinajstić information content (AvgIpc) is 2.87. The van der Waals surface area contributed by atoms with E-state index in [-0.39, 0.29) is 5.56 Å². The molecule has 0 radical (unpaired) electrons. The molecule has 0 unspecified atom stereocenters. The van der Waals surface area contributed by atoms with Crippen LogP contribution in [-0.4, -0.2) is 19.9 Å². The van der Waals surface area contributed by atoms with Gasteiger partial charge in [-0.3, -0.25) is 4.79 Å². The van der Waals surface area contributed by atoms with Crippen molar-refractivity contribution in [1.82, 2.24) is 19.9 Å². The zero-order chi connectivity index (χ0) is 13.0. The Kier molecular flexibility index (Phi) is 4.08. The fourth-order valence-electron chi connectivity index (χ4n) is 1.40. The predicted molar refractivity (Wildman–Crippen MR) is 68.1 cm³/mol. The normalized spacial score (nSPS) is 10.6. The lowest BCUT2D eigenvalue weighted by atomic mass is 10.4. The van der Waals surface area contributed by atoms with E-state index in [1.807, 2.05) is 6.92 Å². The molecule has 0 amide bonds. The number of nitrogens with zero attached hydrogens (tertiary/aromatic N) is 4. The van der Waals surface area contributed by atoms with Gasteiger partial charge in [0, 0.05) is 6.54 Å². The van der Waals surface area contributed by atoms with Crippen molar-refractivity contribution in [3.63, 3.8) is 0 Å². The number of halogens is 1. The second-order valence-corrected chi connectivity index (χ2v) is 4.39. The first kappa shape index (κ1) is 12.7. The maximum atomic E-state index is 11.9. The molecule has 2 rings (SSSR count). The maximum absolute atomic E-state index is 11.9. The molecule has 0 aliphatic rings. The van der Waals surface area contributed by atoms with E-state index < -0.39 is 0 Å². The summed E-state index contributed by atoms with van der Waals surface area (Å²) < 4.78 is 6.49. The van der Waals surface area contributed by atoms with Gasteiger partial charge in [-0.2, -0.15) is 10.1 Å². The minimum Gasteiger partial charge on any atom is -0.375 e. The van der Waals surface area contributed by atoms with Crippen LogP contribution in [0.3, 0.4) is 0 Å². The van der Waals surface area contributed by atoms with Crippen molar-refractivity contribution in [2.24, 2.45) is 0 Å². The van der Waals surface area contributed by atoms with Crippen LogP contribution in [0.2, 0.25) is 0 Å². The molecule has 0 spiro atoms. The Balaban J connectivity index is 2.14. The first-order chi connectivity index (χ1) is 8.72. The minimum absolute atomic E-state index is 0.157. The average molecular weight is 314 g/mol. The molecule has 8 heteroatoms. The number of nitrogens with one attached hydrogen (secondary N) is 1. The lowest BCUT2D eigenvalue weighted by Gasteiger charge is -2.08. The summed E-state index contributed by atoms with van der Waals surface area (Å²) in [6.07, 6.45) is 3.71. The largest absolute Gasteiger partial charge is 0.375 e. The van der Waals surface area contributed by atoms with Gasteiger partial charge in [0.05, 0.1) is 18.4 Å². The van der Waals surface area contributed by atoms with E-state index in [4.69, 9.17) is 0 Å². The molecule has 0 saturated carbocycles. The summed E-state index contributed by atoms with van der Waals surface area (Å²) in [6.45, 7) is 2.96. The van der Waals surface area contributed by atoms with E-state index >= 15 is 0 Å². The van der Waals surface area contributed by atoms with Gasteiger partial charge in [-0.15, -0.1) is 0 Å². The Labute approximate surface area is 111 Å². The number of anilines is 1. The van der Waals surface area contributed by atoms with E-state index in [2.05, 4.69) is 41.0 Å². The van der Waals surface area contributed by atoms with Crippen LogP contribution in [0.4, 0.5) is 5.69 Å². The molecule has 2 aromatic heterocycles. The van der Waals surface area contributed by atoms with Gasteiger partial charge in [0.2, 0.25) is 6.39 Å². The molecular weight excluding hydrogens is 302 g/mol. The maximum Gasteiger partial charge on any atom is 0.283 e. The van der Waals surface area contributed by atoms with E-state index in [1.54, 1.807) is 6.20 Å². The van der Waals surface area contributed by atoms with Crippen molar-refractivity contribution < 1.29 is 4.52 Å². The molecule has 0 aromatic carbocycles. The molecule has 96 valence electrons. The highest BCUT2D eigenvalue weighted by Crippen LogP contribution is 2.16. The molecule has 1 N–H and O–H groups in total. The van der Waals surface area contributed by atoms with Crippen LogP contribution in [-0.2, 0) is 13.1 Å². The summed E-state index contributed by atoms with van der Waals surface area (Å²) in [6, 6.07) is 0. The summed E-state index contributed by atoms with van der Waals surface area (Å²) in [5.41, 5.74) is 0.451. The van der Waals surface area contributed by atoms with Crippen molar-refractivity contribution in [1.29, 1.82) is 0 Å². The van der Waals surface area contributed by atoms with Crippen LogP contribution in [0.5, 0.6) is 0 Å². The van der Waals surface area contributed by atoms with Crippen molar-refractivity contribution in [2.75, 3.05) is 5.32 Å². The lowest BCUT2D eigenvalue weighted by Crippen LogP contribution is -2.24. The summed E-state index contributed by atoms with van der Waals surface area (Å²) in [4.78, 5) is 15.8. The van der Waals surface area contributed by atoms with Gasteiger partial charge in [-0.1, -0.05) is 12.1 Å². The highest BCUT2D eigenvalue weighted by atomic mass is 79.9. The summed E-state index contributed by atoms with van der Waals surface area (Å²) in [5, 5.41) is 10.8. The van der Waals surface area contributed by atoms with Crippen LogP contribution >= 0.6 is 15.9 Å². The fraction of sp³-hybridized carbons (Fsp3) is 0.400. The lowest BCUT2D eigenvalue weighted by molar-refractivity contribution is 0.411. The van der Waals surface area contributed by atoms with Crippen LogP contribution < -0.4 is 10.9 Å². The minimum atomic E-state index is -0.157. The summed E-state index contributed by atoms with van der Waals surface area (Å²) in [7, 11) is 0. The SMILES string of the molecule is CCCn1ncc(NCc2ncon2)c(Br)c1=O. The number of aromatic nitrogens is 4. The summed E-state index contributed by atoms with van der Waals surface area (Å²) in [5.74, 6) is 0.514. The second kappa shape index (κ2) is 5.76. The predicted octanol–water partition coefficient (Wildman–Crippen LogP) is 1.41. The van der Waals surface area contributed by atoms with E-state index in [1.165, 1.54) is 11.1 Å².